The lowest BCUT2D eigenvalue weighted by molar-refractivity contribution is 0.0328. The molecule has 2 atom stereocenters. The van der Waals surface area contributed by atoms with E-state index < -0.39 is 0 Å². The number of thioether (sulfide) groups is 2. The zero-order chi connectivity index (χ0) is 16.2. The summed E-state index contributed by atoms with van der Waals surface area (Å²) in [5.74, 6) is 4.62. The van der Waals surface area contributed by atoms with Crippen molar-refractivity contribution in [1.29, 1.82) is 0 Å². The second-order valence-corrected chi connectivity index (χ2v) is 8.37. The smallest absolute Gasteiger partial charge is 0.0221 e. The van der Waals surface area contributed by atoms with Crippen LogP contribution in [0.25, 0.3) is 0 Å². The van der Waals surface area contributed by atoms with Crippen LogP contribution in [-0.2, 0) is 0 Å². The van der Waals surface area contributed by atoms with Gasteiger partial charge in [-0.1, -0.05) is 13.8 Å². The lowest BCUT2D eigenvalue weighted by Gasteiger charge is -2.46. The van der Waals surface area contributed by atoms with Crippen LogP contribution in [0.4, 0.5) is 0 Å². The Balaban J connectivity index is 2.42. The van der Waals surface area contributed by atoms with Gasteiger partial charge in [0.15, 0.2) is 0 Å². The first-order valence-electron chi connectivity index (χ1n) is 8.80. The molecular formula is C16H36N4S2. The first-order valence-corrected chi connectivity index (χ1v) is 11.1. The highest BCUT2D eigenvalue weighted by molar-refractivity contribution is 7.99. The summed E-state index contributed by atoms with van der Waals surface area (Å²) in [6, 6.07) is 1.45. The van der Waals surface area contributed by atoms with Gasteiger partial charge in [0.05, 0.1) is 0 Å². The molecule has 4 nitrogen and oxygen atoms in total. The van der Waals surface area contributed by atoms with Gasteiger partial charge in [-0.05, 0) is 12.8 Å². The van der Waals surface area contributed by atoms with Gasteiger partial charge in [0.2, 0.25) is 0 Å². The average molecular weight is 349 g/mol. The van der Waals surface area contributed by atoms with Crippen LogP contribution in [-0.4, -0.2) is 84.2 Å². The Kier molecular flexibility index (Phi) is 12.1. The third kappa shape index (κ3) is 7.41. The predicted octanol–water partition coefficient (Wildman–Crippen LogP) is 1.55. The van der Waals surface area contributed by atoms with Crippen molar-refractivity contribution in [2.24, 2.45) is 11.5 Å². The fraction of sp³-hybridized carbons (Fsp3) is 1.00. The molecule has 2 unspecified atom stereocenters. The number of hydrogen-bond donors (Lipinski definition) is 2. The molecule has 0 amide bonds. The van der Waals surface area contributed by atoms with Crippen LogP contribution in [0.15, 0.2) is 0 Å². The SMILES string of the molecule is CCC1CN(CCSCCN)C(CC)CN1CCSCCN. The van der Waals surface area contributed by atoms with Crippen LogP contribution < -0.4 is 11.5 Å². The van der Waals surface area contributed by atoms with E-state index in [9.17, 15) is 0 Å². The van der Waals surface area contributed by atoms with E-state index in [4.69, 9.17) is 11.5 Å². The van der Waals surface area contributed by atoms with Gasteiger partial charge in [0.25, 0.3) is 0 Å². The minimum atomic E-state index is 0.723. The largest absolute Gasteiger partial charge is 0.330 e. The standard InChI is InChI=1S/C16H36N4S2/c1-3-15-13-20(8-12-22-10-6-18)16(4-2)14-19(15)7-11-21-9-5-17/h15-16H,3-14,17-18H2,1-2H3. The summed E-state index contributed by atoms with van der Waals surface area (Å²) in [6.45, 7) is 11.2. The van der Waals surface area contributed by atoms with Crippen LogP contribution in [0.1, 0.15) is 26.7 Å². The van der Waals surface area contributed by atoms with Crippen molar-refractivity contribution in [3.63, 3.8) is 0 Å². The molecule has 1 aliphatic rings. The third-order valence-corrected chi connectivity index (χ3v) is 6.43. The number of nitrogens with zero attached hydrogens (tertiary/aromatic N) is 2. The summed E-state index contributed by atoms with van der Waals surface area (Å²) in [6.07, 6.45) is 2.51. The highest BCUT2D eigenvalue weighted by atomic mass is 32.2. The van der Waals surface area contributed by atoms with Gasteiger partial charge in [-0.3, -0.25) is 9.80 Å². The molecule has 1 aliphatic heterocycles. The van der Waals surface area contributed by atoms with Crippen molar-refractivity contribution in [2.45, 2.75) is 38.8 Å². The van der Waals surface area contributed by atoms with Gasteiger partial charge in [-0.25, -0.2) is 0 Å². The van der Waals surface area contributed by atoms with Crippen molar-refractivity contribution < 1.29 is 0 Å². The lowest BCUT2D eigenvalue weighted by atomic mass is 10.0. The molecule has 22 heavy (non-hydrogen) atoms. The Morgan fingerprint density at radius 3 is 1.50 bits per heavy atom. The lowest BCUT2D eigenvalue weighted by Crippen LogP contribution is -2.58. The summed E-state index contributed by atoms with van der Waals surface area (Å²) < 4.78 is 0. The first-order chi connectivity index (χ1) is 10.8. The van der Waals surface area contributed by atoms with Gasteiger partial charge >= 0.3 is 0 Å². The molecular weight excluding hydrogens is 312 g/mol. The fourth-order valence-corrected chi connectivity index (χ4v) is 4.60. The second kappa shape index (κ2) is 12.9. The minimum absolute atomic E-state index is 0.723. The molecule has 0 radical (unpaired) electrons. The van der Waals surface area contributed by atoms with E-state index in [-0.39, 0.29) is 0 Å². The number of rotatable bonds is 12. The molecule has 4 N–H and O–H groups in total. The normalized spacial score (nSPS) is 24.0. The van der Waals surface area contributed by atoms with Crippen molar-refractivity contribution in [2.75, 3.05) is 62.3 Å². The van der Waals surface area contributed by atoms with E-state index in [0.717, 1.165) is 36.7 Å². The van der Waals surface area contributed by atoms with Gasteiger partial charge in [-0.2, -0.15) is 23.5 Å². The Hall–Kier alpha value is 0.540. The van der Waals surface area contributed by atoms with Crippen LogP contribution in [0.2, 0.25) is 0 Å². The second-order valence-electron chi connectivity index (χ2n) is 5.92. The predicted molar refractivity (Wildman–Crippen MR) is 104 cm³/mol. The summed E-state index contributed by atoms with van der Waals surface area (Å²) in [5, 5.41) is 0. The Morgan fingerprint density at radius 2 is 1.18 bits per heavy atom. The highest BCUT2D eigenvalue weighted by Crippen LogP contribution is 2.20. The van der Waals surface area contributed by atoms with E-state index >= 15 is 0 Å². The van der Waals surface area contributed by atoms with E-state index in [2.05, 4.69) is 23.6 Å². The van der Waals surface area contributed by atoms with Crippen LogP contribution in [0.5, 0.6) is 0 Å². The summed E-state index contributed by atoms with van der Waals surface area (Å²) in [4.78, 5) is 5.45. The number of piperazine rings is 1. The first kappa shape index (κ1) is 20.6. The quantitative estimate of drug-likeness (QED) is 0.522. The summed E-state index contributed by atoms with van der Waals surface area (Å²) in [5.41, 5.74) is 11.2. The van der Waals surface area contributed by atoms with Crippen molar-refractivity contribution in [3.05, 3.63) is 0 Å². The van der Waals surface area contributed by atoms with Crippen molar-refractivity contribution in [3.8, 4) is 0 Å². The fourth-order valence-electron chi connectivity index (χ4n) is 3.13. The molecule has 132 valence electrons. The number of nitrogens with two attached hydrogens (primary N) is 2. The highest BCUT2D eigenvalue weighted by Gasteiger charge is 2.31. The molecule has 1 saturated heterocycles. The maximum Gasteiger partial charge on any atom is 0.0221 e. The van der Waals surface area contributed by atoms with E-state index in [1.807, 2.05) is 23.5 Å². The molecule has 0 aliphatic carbocycles. The van der Waals surface area contributed by atoms with Gasteiger partial charge in [-0.15, -0.1) is 0 Å². The zero-order valence-electron chi connectivity index (χ0n) is 14.5. The molecule has 0 aromatic heterocycles. The average Bonchev–Trinajstić information content (AvgIpc) is 2.55. The maximum atomic E-state index is 5.58. The van der Waals surface area contributed by atoms with Gasteiger partial charge in [0.1, 0.15) is 0 Å². The molecule has 0 saturated carbocycles. The molecule has 0 spiro atoms. The van der Waals surface area contributed by atoms with E-state index in [1.165, 1.54) is 50.5 Å². The van der Waals surface area contributed by atoms with Crippen LogP contribution in [0, 0.1) is 0 Å². The van der Waals surface area contributed by atoms with Gasteiger partial charge in [0, 0.05) is 74.4 Å². The maximum absolute atomic E-state index is 5.58. The number of hydrogen-bond acceptors (Lipinski definition) is 6. The Morgan fingerprint density at radius 1 is 0.773 bits per heavy atom. The van der Waals surface area contributed by atoms with E-state index in [1.54, 1.807) is 0 Å². The molecule has 6 heteroatoms. The molecule has 0 aromatic carbocycles. The van der Waals surface area contributed by atoms with Crippen LogP contribution in [0.3, 0.4) is 0 Å². The zero-order valence-corrected chi connectivity index (χ0v) is 16.1. The molecule has 1 heterocycles. The molecule has 1 fully saturated rings. The van der Waals surface area contributed by atoms with Crippen molar-refractivity contribution in [1.82, 2.24) is 9.80 Å². The Labute approximate surface area is 146 Å². The monoisotopic (exact) mass is 348 g/mol. The summed E-state index contributed by atoms with van der Waals surface area (Å²) >= 11 is 3.99. The third-order valence-electron chi connectivity index (χ3n) is 4.44. The van der Waals surface area contributed by atoms with Gasteiger partial charge < -0.3 is 11.5 Å². The van der Waals surface area contributed by atoms with E-state index in [0.29, 0.717) is 0 Å². The minimum Gasteiger partial charge on any atom is -0.330 e. The van der Waals surface area contributed by atoms with Crippen molar-refractivity contribution >= 4 is 23.5 Å². The molecule has 0 aromatic rings. The molecule has 1 rings (SSSR count). The topological polar surface area (TPSA) is 58.5 Å². The Bertz CT molecular complexity index is 243. The molecule has 0 bridgehead atoms. The van der Waals surface area contributed by atoms with Crippen LogP contribution >= 0.6 is 23.5 Å². The summed E-state index contributed by atoms with van der Waals surface area (Å²) in [7, 11) is 0.